The van der Waals surface area contributed by atoms with Crippen molar-refractivity contribution in [3.8, 4) is 0 Å². The third-order valence-electron chi connectivity index (χ3n) is 8.56. The quantitative estimate of drug-likeness (QED) is 0.202. The standard InChI is InChI=1S/C35H49N3O7Si/c1-23(2)44-33(42)35(43,36-25(4)39)30(21-27-17-13-11-14-18-27)38-29(28-19-15-12-16-20-28)22-37(26(5)40)31(32(38)41)24(3)45-46(9,10)34(6,7)8/h11-20,22-24,30-31,43H,21H2,1-10H3,(H,36,39)/t24?,30-,31?,35?/m0/s1. The predicted molar refractivity (Wildman–Crippen MR) is 179 cm³/mol. The van der Waals surface area contributed by atoms with E-state index in [1.54, 1.807) is 75.5 Å². The van der Waals surface area contributed by atoms with Crippen molar-refractivity contribution in [2.75, 3.05) is 0 Å². The summed E-state index contributed by atoms with van der Waals surface area (Å²) in [6, 6.07) is 15.4. The molecule has 10 nitrogen and oxygen atoms in total. The van der Waals surface area contributed by atoms with Gasteiger partial charge in [0.1, 0.15) is 12.1 Å². The summed E-state index contributed by atoms with van der Waals surface area (Å²) in [5.41, 5.74) is -1.18. The average Bonchev–Trinajstić information content (AvgIpc) is 2.94. The van der Waals surface area contributed by atoms with Crippen LogP contribution in [-0.4, -0.2) is 76.9 Å². The van der Waals surface area contributed by atoms with Gasteiger partial charge in [0.25, 0.3) is 11.6 Å². The van der Waals surface area contributed by atoms with E-state index in [0.717, 1.165) is 0 Å². The number of amides is 3. The molecule has 3 unspecified atom stereocenters. The number of esters is 1. The zero-order valence-corrected chi connectivity index (χ0v) is 29.7. The normalized spacial score (nSPS) is 18.4. The van der Waals surface area contributed by atoms with Crippen LogP contribution in [0, 0.1) is 0 Å². The lowest BCUT2D eigenvalue weighted by atomic mass is 9.90. The molecule has 0 saturated carbocycles. The Morgan fingerprint density at radius 1 is 0.957 bits per heavy atom. The molecule has 0 bridgehead atoms. The van der Waals surface area contributed by atoms with Gasteiger partial charge in [-0.05, 0) is 56.5 Å². The van der Waals surface area contributed by atoms with Crippen LogP contribution in [0.3, 0.4) is 0 Å². The first-order chi connectivity index (χ1) is 21.3. The van der Waals surface area contributed by atoms with Gasteiger partial charge in [-0.25, -0.2) is 4.79 Å². The minimum atomic E-state index is -2.68. The summed E-state index contributed by atoms with van der Waals surface area (Å²) in [5, 5.41) is 14.6. The molecule has 250 valence electrons. The first-order valence-electron chi connectivity index (χ1n) is 15.6. The molecule has 0 fully saturated rings. The van der Waals surface area contributed by atoms with E-state index in [9.17, 15) is 19.5 Å². The van der Waals surface area contributed by atoms with E-state index in [-0.39, 0.29) is 23.1 Å². The molecule has 0 saturated heterocycles. The van der Waals surface area contributed by atoms with Gasteiger partial charge in [-0.15, -0.1) is 0 Å². The predicted octanol–water partition coefficient (Wildman–Crippen LogP) is 4.84. The Bertz CT molecular complexity index is 1440. The van der Waals surface area contributed by atoms with E-state index >= 15 is 4.79 Å². The maximum atomic E-state index is 15.1. The summed E-state index contributed by atoms with van der Waals surface area (Å²) < 4.78 is 12.2. The molecule has 1 aliphatic heterocycles. The Labute approximate surface area is 273 Å². The van der Waals surface area contributed by atoms with E-state index < -0.39 is 56.1 Å². The fraction of sp³-hybridized carbons (Fsp3) is 0.486. The number of hydrogen-bond acceptors (Lipinski definition) is 7. The van der Waals surface area contributed by atoms with Crippen molar-refractivity contribution in [1.29, 1.82) is 0 Å². The number of ether oxygens (including phenoxy) is 1. The van der Waals surface area contributed by atoms with Crippen molar-refractivity contribution >= 4 is 37.7 Å². The van der Waals surface area contributed by atoms with Gasteiger partial charge in [-0.3, -0.25) is 19.3 Å². The highest BCUT2D eigenvalue weighted by Gasteiger charge is 2.55. The number of nitrogens with zero attached hydrogens (tertiary/aromatic N) is 2. The molecule has 0 radical (unpaired) electrons. The second-order valence-corrected chi connectivity index (χ2v) is 18.4. The van der Waals surface area contributed by atoms with Crippen LogP contribution in [-0.2, 0) is 34.8 Å². The number of aliphatic hydroxyl groups is 1. The van der Waals surface area contributed by atoms with Gasteiger partial charge >= 0.3 is 5.97 Å². The molecule has 2 N–H and O–H groups in total. The molecule has 2 aromatic carbocycles. The van der Waals surface area contributed by atoms with Gasteiger partial charge in [0, 0.05) is 20.0 Å². The van der Waals surface area contributed by atoms with E-state index in [2.05, 4.69) is 39.2 Å². The van der Waals surface area contributed by atoms with Crippen LogP contribution in [0.4, 0.5) is 0 Å². The van der Waals surface area contributed by atoms with Crippen LogP contribution in [0.15, 0.2) is 66.9 Å². The lowest BCUT2D eigenvalue weighted by Gasteiger charge is -2.49. The summed E-state index contributed by atoms with van der Waals surface area (Å²) in [6.07, 6.45) is 0.118. The monoisotopic (exact) mass is 651 g/mol. The fourth-order valence-electron chi connectivity index (χ4n) is 5.32. The van der Waals surface area contributed by atoms with Gasteiger partial charge in [0.05, 0.1) is 17.9 Å². The van der Waals surface area contributed by atoms with Crippen LogP contribution in [0.1, 0.15) is 66.5 Å². The smallest absolute Gasteiger partial charge is 0.362 e. The van der Waals surface area contributed by atoms with Gasteiger partial charge in [0.15, 0.2) is 8.32 Å². The van der Waals surface area contributed by atoms with Crippen LogP contribution in [0.25, 0.3) is 5.70 Å². The lowest BCUT2D eigenvalue weighted by Crippen LogP contribution is -2.71. The molecule has 1 aliphatic rings. The van der Waals surface area contributed by atoms with Crippen molar-refractivity contribution in [3.63, 3.8) is 0 Å². The van der Waals surface area contributed by atoms with E-state index in [0.29, 0.717) is 11.1 Å². The van der Waals surface area contributed by atoms with Gasteiger partial charge in [-0.1, -0.05) is 81.4 Å². The average molecular weight is 652 g/mol. The minimum Gasteiger partial charge on any atom is -0.459 e. The summed E-state index contributed by atoms with van der Waals surface area (Å²) in [4.78, 5) is 57.4. The second kappa shape index (κ2) is 14.3. The number of carbonyl (C=O) groups is 4. The molecule has 3 rings (SSSR count). The molecule has 11 heteroatoms. The maximum Gasteiger partial charge on any atom is 0.362 e. The van der Waals surface area contributed by atoms with Gasteiger partial charge < -0.3 is 24.5 Å². The van der Waals surface area contributed by atoms with Crippen molar-refractivity contribution in [2.24, 2.45) is 0 Å². The van der Waals surface area contributed by atoms with E-state index in [4.69, 9.17) is 9.16 Å². The van der Waals surface area contributed by atoms with Crippen LogP contribution in [0.2, 0.25) is 18.1 Å². The number of benzene rings is 2. The number of carbonyl (C=O) groups excluding carboxylic acids is 4. The first-order valence-corrected chi connectivity index (χ1v) is 18.5. The Kier molecular flexibility index (Phi) is 11.4. The first kappa shape index (κ1) is 36.7. The van der Waals surface area contributed by atoms with Crippen LogP contribution < -0.4 is 5.32 Å². The van der Waals surface area contributed by atoms with E-state index in [1.165, 1.54) is 23.6 Å². The molecule has 46 heavy (non-hydrogen) atoms. The van der Waals surface area contributed by atoms with Gasteiger partial charge in [0.2, 0.25) is 11.8 Å². The summed E-state index contributed by atoms with van der Waals surface area (Å²) in [6.45, 7) is 17.9. The van der Waals surface area contributed by atoms with Crippen molar-refractivity contribution in [3.05, 3.63) is 78.0 Å². The van der Waals surface area contributed by atoms with Crippen molar-refractivity contribution < 1.29 is 33.4 Å². The molecular weight excluding hydrogens is 602 g/mol. The zero-order valence-electron chi connectivity index (χ0n) is 28.7. The Morgan fingerprint density at radius 3 is 1.98 bits per heavy atom. The molecule has 4 atom stereocenters. The highest BCUT2D eigenvalue weighted by Crippen LogP contribution is 2.40. The molecular formula is C35H49N3O7Si. The van der Waals surface area contributed by atoms with Crippen molar-refractivity contribution in [1.82, 2.24) is 15.1 Å². The minimum absolute atomic E-state index is 0.0506. The summed E-state index contributed by atoms with van der Waals surface area (Å²) in [5.74, 6) is -2.78. The van der Waals surface area contributed by atoms with E-state index in [1.807, 2.05) is 12.1 Å². The molecule has 3 amide bonds. The summed E-state index contributed by atoms with van der Waals surface area (Å²) >= 11 is 0. The van der Waals surface area contributed by atoms with Gasteiger partial charge in [-0.2, -0.15) is 0 Å². The van der Waals surface area contributed by atoms with Crippen LogP contribution >= 0.6 is 0 Å². The Hall–Kier alpha value is -3.80. The Morgan fingerprint density at radius 2 is 1.50 bits per heavy atom. The zero-order chi connectivity index (χ0) is 34.6. The fourth-order valence-corrected chi connectivity index (χ4v) is 6.74. The lowest BCUT2D eigenvalue weighted by molar-refractivity contribution is -0.185. The second-order valence-electron chi connectivity index (χ2n) is 13.7. The van der Waals surface area contributed by atoms with Crippen molar-refractivity contribution in [2.45, 2.75) is 110 Å². The molecule has 1 heterocycles. The highest BCUT2D eigenvalue weighted by molar-refractivity contribution is 6.74. The largest absolute Gasteiger partial charge is 0.459 e. The highest BCUT2D eigenvalue weighted by atomic mass is 28.4. The molecule has 0 aliphatic carbocycles. The maximum absolute atomic E-state index is 15.1. The third kappa shape index (κ3) is 8.12. The summed E-state index contributed by atoms with van der Waals surface area (Å²) in [7, 11) is -2.44. The number of hydrogen-bond donors (Lipinski definition) is 2. The number of nitrogens with one attached hydrogen (secondary N) is 1. The number of rotatable bonds is 11. The Balaban J connectivity index is 2.36. The third-order valence-corrected chi connectivity index (χ3v) is 13.1. The topological polar surface area (TPSA) is 125 Å². The van der Waals surface area contributed by atoms with Crippen LogP contribution in [0.5, 0.6) is 0 Å². The molecule has 2 aromatic rings. The molecule has 0 aromatic heterocycles. The SMILES string of the molecule is CC(=O)NC(O)(C(=O)OC(C)C)[C@H](Cc1ccccc1)N1C(=O)C(C(C)O[Si](C)(C)C(C)(C)C)N(C(C)=O)C=C1c1ccccc1. The molecule has 0 spiro atoms.